The van der Waals surface area contributed by atoms with Gasteiger partial charge in [0.25, 0.3) is 0 Å². The van der Waals surface area contributed by atoms with Crippen molar-refractivity contribution in [2.24, 2.45) is 0 Å². The van der Waals surface area contributed by atoms with Crippen LogP contribution in [0.2, 0.25) is 0 Å². The van der Waals surface area contributed by atoms with Gasteiger partial charge >= 0.3 is 0 Å². The molecule has 1 atom stereocenters. The average Bonchev–Trinajstić information content (AvgIpc) is 2.48. The summed E-state index contributed by atoms with van der Waals surface area (Å²) in [5.74, 6) is 0. The monoisotopic (exact) mass is 232 g/mol. The fourth-order valence-electron chi connectivity index (χ4n) is 2.36. The van der Waals surface area contributed by atoms with Crippen LogP contribution < -0.4 is 5.32 Å². The zero-order chi connectivity index (χ0) is 10.9. The smallest absolute Gasteiger partial charge is 0.211 e. The van der Waals surface area contributed by atoms with Crippen LogP contribution in [0.4, 0.5) is 0 Å². The Labute approximate surface area is 92.1 Å². The molecule has 1 saturated carbocycles. The highest BCUT2D eigenvalue weighted by molar-refractivity contribution is 7.88. The van der Waals surface area contributed by atoms with E-state index >= 15 is 0 Å². The van der Waals surface area contributed by atoms with E-state index in [1.54, 1.807) is 4.31 Å². The van der Waals surface area contributed by atoms with Crippen LogP contribution in [-0.2, 0) is 10.0 Å². The Morgan fingerprint density at radius 1 is 1.27 bits per heavy atom. The summed E-state index contributed by atoms with van der Waals surface area (Å²) in [4.78, 5) is 0. The van der Waals surface area contributed by atoms with E-state index < -0.39 is 10.0 Å². The second-order valence-electron chi connectivity index (χ2n) is 4.71. The normalized spacial score (nSPS) is 29.3. The maximum atomic E-state index is 11.5. The summed E-state index contributed by atoms with van der Waals surface area (Å²) in [7, 11) is -2.99. The maximum absolute atomic E-state index is 11.5. The van der Waals surface area contributed by atoms with Gasteiger partial charge in [0.15, 0.2) is 0 Å². The van der Waals surface area contributed by atoms with Crippen LogP contribution in [0.25, 0.3) is 0 Å². The molecule has 5 heteroatoms. The number of rotatable bonds is 4. The SMILES string of the molecule is CS(=O)(=O)N1CCC[C@@H]1CNC1CCC1. The third-order valence-electron chi connectivity index (χ3n) is 3.50. The van der Waals surface area contributed by atoms with E-state index in [1.165, 1.54) is 25.5 Å². The molecule has 1 aliphatic carbocycles. The van der Waals surface area contributed by atoms with Crippen molar-refractivity contribution in [2.45, 2.75) is 44.2 Å². The molecular weight excluding hydrogens is 212 g/mol. The van der Waals surface area contributed by atoms with Gasteiger partial charge in [0.05, 0.1) is 6.26 Å². The summed E-state index contributed by atoms with van der Waals surface area (Å²) in [6.45, 7) is 1.54. The third-order valence-corrected chi connectivity index (χ3v) is 4.83. The molecular formula is C10H20N2O2S. The molecule has 1 aliphatic heterocycles. The Morgan fingerprint density at radius 3 is 2.53 bits per heavy atom. The highest BCUT2D eigenvalue weighted by Gasteiger charge is 2.31. The molecule has 2 aliphatic rings. The van der Waals surface area contributed by atoms with E-state index in [1.807, 2.05) is 0 Å². The first kappa shape index (κ1) is 11.4. The molecule has 0 unspecified atom stereocenters. The van der Waals surface area contributed by atoms with E-state index in [0.717, 1.165) is 19.4 Å². The number of hydrogen-bond acceptors (Lipinski definition) is 3. The lowest BCUT2D eigenvalue weighted by molar-refractivity contribution is 0.299. The number of sulfonamides is 1. The second kappa shape index (κ2) is 4.39. The van der Waals surface area contributed by atoms with Crippen LogP contribution in [0.1, 0.15) is 32.1 Å². The summed E-state index contributed by atoms with van der Waals surface area (Å²) in [5, 5.41) is 3.46. The lowest BCUT2D eigenvalue weighted by Crippen LogP contribution is -2.45. The van der Waals surface area contributed by atoms with Gasteiger partial charge in [-0.1, -0.05) is 6.42 Å². The lowest BCUT2D eigenvalue weighted by Gasteiger charge is -2.30. The first-order valence-electron chi connectivity index (χ1n) is 5.77. The molecule has 0 aromatic rings. The predicted octanol–water partition coefficient (Wildman–Crippen LogP) is 0.552. The molecule has 1 N–H and O–H groups in total. The lowest BCUT2D eigenvalue weighted by atomic mass is 9.93. The fourth-order valence-corrected chi connectivity index (χ4v) is 3.55. The fraction of sp³-hybridized carbons (Fsp3) is 1.00. The number of nitrogens with one attached hydrogen (secondary N) is 1. The Balaban J connectivity index is 1.84. The zero-order valence-electron chi connectivity index (χ0n) is 9.28. The Hall–Kier alpha value is -0.130. The minimum atomic E-state index is -2.99. The van der Waals surface area contributed by atoms with E-state index in [9.17, 15) is 8.42 Å². The molecule has 1 saturated heterocycles. The summed E-state index contributed by atoms with van der Waals surface area (Å²) in [6.07, 6.45) is 7.15. The van der Waals surface area contributed by atoms with Gasteiger partial charge in [0.2, 0.25) is 10.0 Å². The summed E-state index contributed by atoms with van der Waals surface area (Å²) < 4.78 is 24.6. The minimum absolute atomic E-state index is 0.195. The van der Waals surface area contributed by atoms with Gasteiger partial charge in [-0.25, -0.2) is 8.42 Å². The van der Waals surface area contributed by atoms with E-state index in [2.05, 4.69) is 5.32 Å². The van der Waals surface area contributed by atoms with Gasteiger partial charge in [0.1, 0.15) is 0 Å². The maximum Gasteiger partial charge on any atom is 0.211 e. The van der Waals surface area contributed by atoms with Crippen molar-refractivity contribution < 1.29 is 8.42 Å². The molecule has 0 spiro atoms. The molecule has 0 radical (unpaired) electrons. The van der Waals surface area contributed by atoms with Crippen molar-refractivity contribution >= 4 is 10.0 Å². The van der Waals surface area contributed by atoms with Crippen molar-refractivity contribution in [3.8, 4) is 0 Å². The van der Waals surface area contributed by atoms with E-state index in [0.29, 0.717) is 12.6 Å². The molecule has 1 heterocycles. The second-order valence-corrected chi connectivity index (χ2v) is 6.64. The van der Waals surface area contributed by atoms with Gasteiger partial charge in [-0.15, -0.1) is 0 Å². The van der Waals surface area contributed by atoms with Gasteiger partial charge in [0, 0.05) is 25.2 Å². The summed E-state index contributed by atoms with van der Waals surface area (Å²) >= 11 is 0. The first-order chi connectivity index (χ1) is 7.07. The van der Waals surface area contributed by atoms with Gasteiger partial charge < -0.3 is 5.32 Å². The third kappa shape index (κ3) is 2.71. The Kier molecular flexibility index (Phi) is 3.33. The van der Waals surface area contributed by atoms with E-state index in [-0.39, 0.29) is 6.04 Å². The zero-order valence-corrected chi connectivity index (χ0v) is 10.1. The van der Waals surface area contributed by atoms with Crippen molar-refractivity contribution in [1.82, 2.24) is 9.62 Å². The molecule has 0 bridgehead atoms. The number of nitrogens with zero attached hydrogens (tertiary/aromatic N) is 1. The van der Waals surface area contributed by atoms with Gasteiger partial charge in [-0.05, 0) is 25.7 Å². The van der Waals surface area contributed by atoms with Crippen LogP contribution in [-0.4, -0.2) is 44.2 Å². The molecule has 2 rings (SSSR count). The van der Waals surface area contributed by atoms with Crippen LogP contribution in [0.5, 0.6) is 0 Å². The molecule has 88 valence electrons. The predicted molar refractivity (Wildman–Crippen MR) is 60.2 cm³/mol. The molecule has 2 fully saturated rings. The Morgan fingerprint density at radius 2 is 2.00 bits per heavy atom. The van der Waals surface area contributed by atoms with Crippen LogP contribution in [0.15, 0.2) is 0 Å². The van der Waals surface area contributed by atoms with Crippen LogP contribution in [0.3, 0.4) is 0 Å². The summed E-state index contributed by atoms with van der Waals surface area (Å²) in [6, 6.07) is 0.840. The average molecular weight is 232 g/mol. The Bertz CT molecular complexity index is 311. The quantitative estimate of drug-likeness (QED) is 0.770. The molecule has 15 heavy (non-hydrogen) atoms. The highest BCUT2D eigenvalue weighted by Crippen LogP contribution is 2.22. The molecule has 4 nitrogen and oxygen atoms in total. The van der Waals surface area contributed by atoms with Crippen LogP contribution in [0, 0.1) is 0 Å². The number of hydrogen-bond donors (Lipinski definition) is 1. The molecule has 0 aromatic heterocycles. The minimum Gasteiger partial charge on any atom is -0.312 e. The largest absolute Gasteiger partial charge is 0.312 e. The van der Waals surface area contributed by atoms with Gasteiger partial charge in [-0.3, -0.25) is 0 Å². The van der Waals surface area contributed by atoms with Crippen LogP contribution >= 0.6 is 0 Å². The highest BCUT2D eigenvalue weighted by atomic mass is 32.2. The topological polar surface area (TPSA) is 49.4 Å². The van der Waals surface area contributed by atoms with Gasteiger partial charge in [-0.2, -0.15) is 4.31 Å². The first-order valence-corrected chi connectivity index (χ1v) is 7.62. The van der Waals surface area contributed by atoms with Crippen molar-refractivity contribution in [3.05, 3.63) is 0 Å². The summed E-state index contributed by atoms with van der Waals surface area (Å²) in [5.41, 5.74) is 0. The standard InChI is InChI=1S/C10H20N2O2S/c1-15(13,14)12-7-3-6-10(12)8-11-9-4-2-5-9/h9-11H,2-8H2,1H3/t10-/m1/s1. The van der Waals surface area contributed by atoms with Crippen molar-refractivity contribution in [1.29, 1.82) is 0 Å². The van der Waals surface area contributed by atoms with E-state index in [4.69, 9.17) is 0 Å². The van der Waals surface area contributed by atoms with Crippen molar-refractivity contribution in [3.63, 3.8) is 0 Å². The molecule has 0 aromatic carbocycles. The molecule has 0 amide bonds. The van der Waals surface area contributed by atoms with Crippen molar-refractivity contribution in [2.75, 3.05) is 19.3 Å².